The number of nitrogens with zero attached hydrogens (tertiary/aromatic N) is 3. The first-order valence-corrected chi connectivity index (χ1v) is 9.15. The Kier molecular flexibility index (Phi) is 3.31. The summed E-state index contributed by atoms with van der Waals surface area (Å²) < 4.78 is 2.39. The van der Waals surface area contributed by atoms with E-state index in [2.05, 4.69) is 58.9 Å². The maximum Gasteiger partial charge on any atom is 0.0529 e. The van der Waals surface area contributed by atoms with Crippen LogP contribution in [0.5, 0.6) is 0 Å². The highest BCUT2D eigenvalue weighted by Crippen LogP contribution is 2.37. The summed E-state index contributed by atoms with van der Waals surface area (Å²) >= 11 is 6.29. The molecular weight excluding hydrogens is 330 g/mol. The van der Waals surface area contributed by atoms with Crippen LogP contribution in [0.3, 0.4) is 0 Å². The van der Waals surface area contributed by atoms with Crippen LogP contribution in [0, 0.1) is 6.92 Å². The average Bonchev–Trinajstić information content (AvgIpc) is 2.86. The van der Waals surface area contributed by atoms with Crippen molar-refractivity contribution < 1.29 is 0 Å². The fourth-order valence-corrected chi connectivity index (χ4v) is 4.30. The van der Waals surface area contributed by atoms with Gasteiger partial charge in [0, 0.05) is 59.5 Å². The van der Waals surface area contributed by atoms with Crippen molar-refractivity contribution in [2.24, 2.45) is 0 Å². The minimum Gasteiger partial charge on any atom is -0.320 e. The van der Waals surface area contributed by atoms with E-state index in [0.29, 0.717) is 0 Å². The predicted molar refractivity (Wildman–Crippen MR) is 104 cm³/mol. The molecule has 4 heteroatoms. The maximum absolute atomic E-state index is 6.29. The number of rotatable bonds is 1. The van der Waals surface area contributed by atoms with Gasteiger partial charge < -0.3 is 9.47 Å². The Morgan fingerprint density at radius 3 is 2.92 bits per heavy atom. The van der Waals surface area contributed by atoms with E-state index >= 15 is 0 Å². The fourth-order valence-electron chi connectivity index (χ4n) is 4.12. The lowest BCUT2D eigenvalue weighted by Crippen LogP contribution is -2.27. The highest BCUT2D eigenvalue weighted by Gasteiger charge is 2.25. The number of aryl methyl sites for hydroxylation is 1. The molecule has 0 radical (unpaired) electrons. The van der Waals surface area contributed by atoms with Crippen LogP contribution in [0.4, 0.5) is 0 Å². The summed E-state index contributed by atoms with van der Waals surface area (Å²) in [5, 5.41) is 2.09. The van der Waals surface area contributed by atoms with Crippen LogP contribution < -0.4 is 0 Å². The van der Waals surface area contributed by atoms with E-state index in [1.807, 2.05) is 6.07 Å². The van der Waals surface area contributed by atoms with E-state index in [4.69, 9.17) is 11.6 Å². The molecule has 0 amide bonds. The Bertz CT molecular complexity index is 1040. The van der Waals surface area contributed by atoms with Gasteiger partial charge in [-0.3, -0.25) is 4.98 Å². The molecule has 0 fully saturated rings. The number of pyridine rings is 1. The Labute approximate surface area is 152 Å². The standard InChI is InChI=1S/C21H20ClN3/c1-13-3-5-16-14(9-19(16)23-13)11-25-20-6-4-15(22)10-17(20)18-12-24(2)8-7-21(18)25/h3-6,10-11H,7-9,12H2,1-2H3/b14-11+. The van der Waals surface area contributed by atoms with Gasteiger partial charge in [-0.1, -0.05) is 17.7 Å². The Balaban J connectivity index is 1.69. The molecule has 0 saturated heterocycles. The van der Waals surface area contributed by atoms with Crippen molar-refractivity contribution in [1.29, 1.82) is 0 Å². The lowest BCUT2D eigenvalue weighted by atomic mass is 9.88. The molecule has 1 aliphatic heterocycles. The summed E-state index contributed by atoms with van der Waals surface area (Å²) in [4.78, 5) is 7.02. The van der Waals surface area contributed by atoms with Crippen LogP contribution in [0.15, 0.2) is 30.3 Å². The first-order chi connectivity index (χ1) is 12.1. The van der Waals surface area contributed by atoms with Gasteiger partial charge in [-0.25, -0.2) is 0 Å². The molecule has 5 rings (SSSR count). The normalized spacial score (nSPS) is 18.3. The van der Waals surface area contributed by atoms with Gasteiger partial charge in [0.2, 0.25) is 0 Å². The van der Waals surface area contributed by atoms with Crippen LogP contribution in [0.25, 0.3) is 22.7 Å². The van der Waals surface area contributed by atoms with Crippen LogP contribution in [-0.2, 0) is 19.4 Å². The van der Waals surface area contributed by atoms with Gasteiger partial charge in [-0.2, -0.15) is 0 Å². The molecule has 126 valence electrons. The summed E-state index contributed by atoms with van der Waals surface area (Å²) in [6, 6.07) is 10.6. The highest BCUT2D eigenvalue weighted by molar-refractivity contribution is 6.31. The first-order valence-electron chi connectivity index (χ1n) is 8.77. The maximum atomic E-state index is 6.29. The molecule has 1 aliphatic carbocycles. The van der Waals surface area contributed by atoms with E-state index in [0.717, 1.165) is 36.6 Å². The van der Waals surface area contributed by atoms with Crippen molar-refractivity contribution in [3.63, 3.8) is 0 Å². The molecule has 0 atom stereocenters. The number of hydrogen-bond acceptors (Lipinski definition) is 2. The molecule has 3 nitrogen and oxygen atoms in total. The fraction of sp³-hybridized carbons (Fsp3) is 0.286. The van der Waals surface area contributed by atoms with Gasteiger partial charge in [0.25, 0.3) is 0 Å². The molecule has 0 saturated carbocycles. The molecule has 3 heterocycles. The minimum absolute atomic E-state index is 0.807. The van der Waals surface area contributed by atoms with Gasteiger partial charge >= 0.3 is 0 Å². The third kappa shape index (κ3) is 2.34. The third-order valence-electron chi connectivity index (χ3n) is 5.44. The topological polar surface area (TPSA) is 21.1 Å². The Morgan fingerprint density at radius 1 is 1.20 bits per heavy atom. The van der Waals surface area contributed by atoms with Crippen LogP contribution in [0.1, 0.15) is 28.2 Å². The number of aromatic nitrogens is 2. The molecule has 0 unspecified atom stereocenters. The zero-order chi connectivity index (χ0) is 17.1. The molecule has 0 N–H and O–H groups in total. The second-order valence-corrected chi connectivity index (χ2v) is 7.66. The largest absolute Gasteiger partial charge is 0.320 e. The smallest absolute Gasteiger partial charge is 0.0529 e. The molecule has 2 aromatic heterocycles. The zero-order valence-electron chi connectivity index (χ0n) is 14.5. The SMILES string of the molecule is Cc1ccc2c(n1)C/C2=C\n1c2c(c3cc(Cl)ccc31)CN(C)CC2. The van der Waals surface area contributed by atoms with Gasteiger partial charge in [-0.15, -0.1) is 0 Å². The second-order valence-electron chi connectivity index (χ2n) is 7.22. The van der Waals surface area contributed by atoms with Crippen molar-refractivity contribution in [1.82, 2.24) is 14.5 Å². The number of hydrogen-bond donors (Lipinski definition) is 0. The van der Waals surface area contributed by atoms with E-state index in [1.165, 1.54) is 39.0 Å². The van der Waals surface area contributed by atoms with Crippen LogP contribution >= 0.6 is 11.6 Å². The Hall–Kier alpha value is -2.10. The number of allylic oxidation sites excluding steroid dienone is 1. The molecule has 3 aromatic rings. The lowest BCUT2D eigenvalue weighted by Gasteiger charge is -2.25. The summed E-state index contributed by atoms with van der Waals surface area (Å²) in [5.74, 6) is 0. The zero-order valence-corrected chi connectivity index (χ0v) is 15.3. The molecule has 0 bridgehead atoms. The van der Waals surface area contributed by atoms with Crippen LogP contribution in [0.2, 0.25) is 5.02 Å². The number of halogens is 1. The van der Waals surface area contributed by atoms with Crippen molar-refractivity contribution in [3.8, 4) is 0 Å². The highest BCUT2D eigenvalue weighted by atomic mass is 35.5. The number of benzene rings is 1. The van der Waals surface area contributed by atoms with Crippen molar-refractivity contribution >= 4 is 34.3 Å². The Morgan fingerprint density at radius 2 is 2.08 bits per heavy atom. The van der Waals surface area contributed by atoms with Gasteiger partial charge in [0.05, 0.1) is 11.2 Å². The molecule has 2 aliphatic rings. The summed E-state index contributed by atoms with van der Waals surface area (Å²) in [5.41, 5.74) is 9.09. The predicted octanol–water partition coefficient (Wildman–Crippen LogP) is 4.54. The molecule has 25 heavy (non-hydrogen) atoms. The van der Waals surface area contributed by atoms with E-state index < -0.39 is 0 Å². The minimum atomic E-state index is 0.807. The second kappa shape index (κ2) is 5.45. The number of likely N-dealkylation sites (N-methyl/N-ethyl adjacent to an activating group) is 1. The van der Waals surface area contributed by atoms with E-state index in [9.17, 15) is 0 Å². The average molecular weight is 350 g/mol. The molecule has 0 spiro atoms. The monoisotopic (exact) mass is 349 g/mol. The summed E-state index contributed by atoms with van der Waals surface area (Å²) in [6.45, 7) is 4.13. The molecular formula is C21H20ClN3. The van der Waals surface area contributed by atoms with Gasteiger partial charge in [0.1, 0.15) is 0 Å². The first kappa shape index (κ1) is 15.2. The van der Waals surface area contributed by atoms with Crippen molar-refractivity contribution in [3.05, 3.63) is 63.6 Å². The van der Waals surface area contributed by atoms with Crippen molar-refractivity contribution in [2.75, 3.05) is 13.6 Å². The number of fused-ring (bicyclic) bond motifs is 4. The van der Waals surface area contributed by atoms with Gasteiger partial charge in [0.15, 0.2) is 0 Å². The summed E-state index contributed by atoms with van der Waals surface area (Å²) in [6.07, 6.45) is 4.35. The van der Waals surface area contributed by atoms with E-state index in [1.54, 1.807) is 0 Å². The van der Waals surface area contributed by atoms with Gasteiger partial charge in [-0.05, 0) is 49.4 Å². The summed E-state index contributed by atoms with van der Waals surface area (Å²) in [7, 11) is 2.19. The molecule has 1 aromatic carbocycles. The van der Waals surface area contributed by atoms with Crippen LogP contribution in [-0.4, -0.2) is 28.0 Å². The van der Waals surface area contributed by atoms with E-state index in [-0.39, 0.29) is 0 Å². The third-order valence-corrected chi connectivity index (χ3v) is 5.68. The van der Waals surface area contributed by atoms with Crippen molar-refractivity contribution in [2.45, 2.75) is 26.3 Å². The lowest BCUT2D eigenvalue weighted by molar-refractivity contribution is 0.312. The quantitative estimate of drug-likeness (QED) is 0.643.